The number of hydrogen-bond acceptors (Lipinski definition) is 3. The molecule has 0 spiro atoms. The van der Waals surface area contributed by atoms with Crippen molar-refractivity contribution in [1.29, 1.82) is 0 Å². The highest BCUT2D eigenvalue weighted by molar-refractivity contribution is 5.52. The number of nitrogens with zero attached hydrogens (tertiary/aromatic N) is 3. The molecule has 0 fully saturated rings. The molecule has 2 aromatic rings. The zero-order chi connectivity index (χ0) is 12.3. The third-order valence-electron chi connectivity index (χ3n) is 2.97. The molecule has 4 nitrogen and oxygen atoms in total. The number of hydrogen-bond donors (Lipinski definition) is 1. The lowest BCUT2D eigenvalue weighted by Crippen LogP contribution is -1.98. The zero-order valence-electron chi connectivity index (χ0n) is 10.4. The molecule has 2 rings (SSSR count). The lowest BCUT2D eigenvalue weighted by Gasteiger charge is -2.10. The van der Waals surface area contributed by atoms with E-state index in [2.05, 4.69) is 23.9 Å². The van der Waals surface area contributed by atoms with Crippen molar-refractivity contribution < 1.29 is 5.11 Å². The molecular formula is C13H19N3O. The highest BCUT2D eigenvalue weighted by atomic mass is 16.3. The minimum atomic E-state index is -0.435. The molecule has 0 aliphatic rings. The summed E-state index contributed by atoms with van der Waals surface area (Å²) in [6, 6.07) is 0. The number of fused-ring (bicyclic) bond motifs is 1. The van der Waals surface area contributed by atoms with Crippen molar-refractivity contribution in [3.8, 4) is 0 Å². The monoisotopic (exact) mass is 233 g/mol. The van der Waals surface area contributed by atoms with Crippen LogP contribution in [-0.2, 0) is 0 Å². The molecule has 0 radical (unpaired) electrons. The summed E-state index contributed by atoms with van der Waals surface area (Å²) in [6.07, 6.45) is 9.49. The SMILES string of the molecule is CC(C)CCCC(O)c1cnn2ccncc12. The maximum Gasteiger partial charge on any atom is 0.0902 e. The molecule has 0 aromatic carbocycles. The highest BCUT2D eigenvalue weighted by Gasteiger charge is 2.13. The van der Waals surface area contributed by atoms with Gasteiger partial charge in [-0.05, 0) is 12.3 Å². The second kappa shape index (κ2) is 5.27. The van der Waals surface area contributed by atoms with Gasteiger partial charge in [-0.1, -0.05) is 26.7 Å². The van der Waals surface area contributed by atoms with E-state index in [4.69, 9.17) is 0 Å². The molecular weight excluding hydrogens is 214 g/mol. The standard InChI is InChI=1S/C13H19N3O/c1-10(2)4-3-5-13(17)11-8-15-16-7-6-14-9-12(11)16/h6-10,13,17H,3-5H2,1-2H3. The van der Waals surface area contributed by atoms with Crippen LogP contribution in [0, 0.1) is 5.92 Å². The van der Waals surface area contributed by atoms with Gasteiger partial charge in [-0.2, -0.15) is 5.10 Å². The molecule has 2 heterocycles. The van der Waals surface area contributed by atoms with Crippen LogP contribution in [0.1, 0.15) is 44.8 Å². The van der Waals surface area contributed by atoms with Crippen LogP contribution in [0.3, 0.4) is 0 Å². The summed E-state index contributed by atoms with van der Waals surface area (Å²) in [7, 11) is 0. The van der Waals surface area contributed by atoms with Gasteiger partial charge in [0.2, 0.25) is 0 Å². The zero-order valence-corrected chi connectivity index (χ0v) is 10.4. The third kappa shape index (κ3) is 2.82. The van der Waals surface area contributed by atoms with Crippen molar-refractivity contribution in [2.75, 3.05) is 0 Å². The van der Waals surface area contributed by atoms with Crippen LogP contribution in [-0.4, -0.2) is 19.7 Å². The minimum absolute atomic E-state index is 0.435. The number of aliphatic hydroxyl groups excluding tert-OH is 1. The molecule has 1 N–H and O–H groups in total. The van der Waals surface area contributed by atoms with Crippen molar-refractivity contribution in [3.63, 3.8) is 0 Å². The Bertz CT molecular complexity index is 478. The highest BCUT2D eigenvalue weighted by Crippen LogP contribution is 2.23. The summed E-state index contributed by atoms with van der Waals surface area (Å²) < 4.78 is 1.74. The second-order valence-corrected chi connectivity index (χ2v) is 4.85. The summed E-state index contributed by atoms with van der Waals surface area (Å²) in [4.78, 5) is 4.06. The average molecular weight is 233 g/mol. The molecule has 0 aliphatic carbocycles. The van der Waals surface area contributed by atoms with Gasteiger partial charge in [0.25, 0.3) is 0 Å². The van der Waals surface area contributed by atoms with Crippen LogP contribution in [0.5, 0.6) is 0 Å². The van der Waals surface area contributed by atoms with E-state index < -0.39 is 6.10 Å². The molecule has 0 saturated carbocycles. The predicted octanol–water partition coefficient (Wildman–Crippen LogP) is 2.59. The van der Waals surface area contributed by atoms with Crippen LogP contribution in [0.2, 0.25) is 0 Å². The van der Waals surface area contributed by atoms with Crippen LogP contribution < -0.4 is 0 Å². The smallest absolute Gasteiger partial charge is 0.0902 e. The number of aliphatic hydroxyl groups is 1. The topological polar surface area (TPSA) is 50.4 Å². The fourth-order valence-corrected chi connectivity index (χ4v) is 1.98. The molecule has 0 amide bonds. The average Bonchev–Trinajstić information content (AvgIpc) is 2.72. The first-order valence-corrected chi connectivity index (χ1v) is 6.14. The van der Waals surface area contributed by atoms with Gasteiger partial charge in [0.15, 0.2) is 0 Å². The first-order chi connectivity index (χ1) is 8.18. The van der Waals surface area contributed by atoms with Gasteiger partial charge < -0.3 is 5.11 Å². The maximum absolute atomic E-state index is 10.1. The van der Waals surface area contributed by atoms with Gasteiger partial charge in [-0.15, -0.1) is 0 Å². The predicted molar refractivity (Wildman–Crippen MR) is 66.6 cm³/mol. The largest absolute Gasteiger partial charge is 0.388 e. The fraction of sp³-hybridized carbons (Fsp3) is 0.538. The van der Waals surface area contributed by atoms with Crippen molar-refractivity contribution in [2.45, 2.75) is 39.2 Å². The minimum Gasteiger partial charge on any atom is -0.388 e. The van der Waals surface area contributed by atoms with Crippen LogP contribution >= 0.6 is 0 Å². The van der Waals surface area contributed by atoms with Crippen LogP contribution in [0.25, 0.3) is 5.52 Å². The van der Waals surface area contributed by atoms with Crippen LogP contribution in [0.4, 0.5) is 0 Å². The Hall–Kier alpha value is -1.42. The van der Waals surface area contributed by atoms with Gasteiger partial charge in [-0.3, -0.25) is 4.98 Å². The Morgan fingerprint density at radius 3 is 2.88 bits per heavy atom. The molecule has 17 heavy (non-hydrogen) atoms. The molecule has 4 heteroatoms. The fourth-order valence-electron chi connectivity index (χ4n) is 1.98. The molecule has 0 saturated heterocycles. The second-order valence-electron chi connectivity index (χ2n) is 4.85. The molecule has 0 bridgehead atoms. The van der Waals surface area contributed by atoms with Gasteiger partial charge in [0, 0.05) is 18.0 Å². The van der Waals surface area contributed by atoms with Gasteiger partial charge >= 0.3 is 0 Å². The normalized spacial score (nSPS) is 13.4. The van der Waals surface area contributed by atoms with E-state index in [1.54, 1.807) is 29.3 Å². The molecule has 92 valence electrons. The van der Waals surface area contributed by atoms with E-state index >= 15 is 0 Å². The van der Waals surface area contributed by atoms with Crippen molar-refractivity contribution >= 4 is 5.52 Å². The first kappa shape index (κ1) is 12.0. The van der Waals surface area contributed by atoms with E-state index in [0.29, 0.717) is 5.92 Å². The number of rotatable bonds is 5. The summed E-state index contributed by atoms with van der Waals surface area (Å²) in [5.74, 6) is 0.688. The van der Waals surface area contributed by atoms with Gasteiger partial charge in [-0.25, -0.2) is 4.52 Å². The van der Waals surface area contributed by atoms with Crippen molar-refractivity contribution in [1.82, 2.24) is 14.6 Å². The Labute approximate surface area is 101 Å². The van der Waals surface area contributed by atoms with Crippen LogP contribution in [0.15, 0.2) is 24.8 Å². The summed E-state index contributed by atoms with van der Waals surface area (Å²) in [6.45, 7) is 4.40. The lowest BCUT2D eigenvalue weighted by molar-refractivity contribution is 0.163. The summed E-state index contributed by atoms with van der Waals surface area (Å²) in [5, 5.41) is 14.3. The molecule has 0 aliphatic heterocycles. The maximum atomic E-state index is 10.1. The van der Waals surface area contributed by atoms with E-state index in [9.17, 15) is 5.11 Å². The van der Waals surface area contributed by atoms with E-state index in [0.717, 1.165) is 30.3 Å². The quantitative estimate of drug-likeness (QED) is 0.863. The van der Waals surface area contributed by atoms with Gasteiger partial charge in [0.05, 0.1) is 24.0 Å². The number of aromatic nitrogens is 3. The Morgan fingerprint density at radius 2 is 2.12 bits per heavy atom. The van der Waals surface area contributed by atoms with E-state index in [1.165, 1.54) is 0 Å². The van der Waals surface area contributed by atoms with Gasteiger partial charge in [0.1, 0.15) is 0 Å². The Kier molecular flexibility index (Phi) is 3.74. The first-order valence-electron chi connectivity index (χ1n) is 6.14. The lowest BCUT2D eigenvalue weighted by atomic mass is 10.0. The summed E-state index contributed by atoms with van der Waals surface area (Å²) >= 11 is 0. The molecule has 2 aromatic heterocycles. The summed E-state index contributed by atoms with van der Waals surface area (Å²) in [5.41, 5.74) is 1.77. The third-order valence-corrected chi connectivity index (χ3v) is 2.97. The van der Waals surface area contributed by atoms with E-state index in [1.807, 2.05) is 0 Å². The molecule has 1 atom stereocenters. The Morgan fingerprint density at radius 1 is 1.29 bits per heavy atom. The van der Waals surface area contributed by atoms with E-state index in [-0.39, 0.29) is 0 Å². The van der Waals surface area contributed by atoms with Crippen molar-refractivity contribution in [3.05, 3.63) is 30.4 Å². The molecule has 1 unspecified atom stereocenters. The van der Waals surface area contributed by atoms with Crippen molar-refractivity contribution in [2.24, 2.45) is 5.92 Å². The Balaban J connectivity index is 2.06.